The number of likely N-dealkylation sites (N-methyl/N-ethyl adjacent to an activating group) is 1. The number of carbonyl (C=O) groups is 2. The van der Waals surface area contributed by atoms with Crippen LogP contribution in [0.15, 0.2) is 41.3 Å². The Balaban J connectivity index is 1.66. The number of halogens is 2. The molecule has 1 aliphatic heterocycles. The van der Waals surface area contributed by atoms with Gasteiger partial charge in [-0.05, 0) is 35.9 Å². The largest absolute Gasteiger partial charge is 0.326 e. The van der Waals surface area contributed by atoms with E-state index in [1.807, 2.05) is 0 Å². The fourth-order valence-corrected chi connectivity index (χ4v) is 4.07. The molecular weight excluding hydrogens is 378 g/mol. The Hall–Kier alpha value is -2.81. The lowest BCUT2D eigenvalue weighted by atomic mass is 10.2. The molecule has 0 bridgehead atoms. The molecule has 0 aliphatic carbocycles. The molecule has 9 heteroatoms. The van der Waals surface area contributed by atoms with Gasteiger partial charge in [0.05, 0.1) is 17.1 Å². The number of sulfone groups is 1. The van der Waals surface area contributed by atoms with Crippen molar-refractivity contribution in [3.63, 3.8) is 0 Å². The number of hydrogen-bond acceptors (Lipinski definition) is 4. The third kappa shape index (κ3) is 3.97. The SMILES string of the molecule is CN1C(=O)Cc2cc(S(=O)(=O)CCC(=O)Nc3ccc(F)c(F)c3)ccc21. The number of amides is 2. The molecule has 27 heavy (non-hydrogen) atoms. The van der Waals surface area contributed by atoms with Crippen molar-refractivity contribution in [1.29, 1.82) is 0 Å². The second kappa shape index (κ2) is 7.07. The lowest BCUT2D eigenvalue weighted by Gasteiger charge is -2.11. The summed E-state index contributed by atoms with van der Waals surface area (Å²) in [5.74, 6) is -3.37. The van der Waals surface area contributed by atoms with E-state index in [0.717, 1.165) is 12.1 Å². The molecule has 1 aliphatic rings. The molecule has 6 nitrogen and oxygen atoms in total. The van der Waals surface area contributed by atoms with Crippen LogP contribution in [0.3, 0.4) is 0 Å². The van der Waals surface area contributed by atoms with Crippen molar-refractivity contribution in [2.24, 2.45) is 0 Å². The lowest BCUT2D eigenvalue weighted by molar-refractivity contribution is -0.117. The van der Waals surface area contributed by atoms with Gasteiger partial charge in [-0.1, -0.05) is 0 Å². The maximum Gasteiger partial charge on any atom is 0.231 e. The number of hydrogen-bond donors (Lipinski definition) is 1. The molecule has 0 spiro atoms. The van der Waals surface area contributed by atoms with E-state index in [9.17, 15) is 26.8 Å². The summed E-state index contributed by atoms with van der Waals surface area (Å²) in [4.78, 5) is 25.1. The van der Waals surface area contributed by atoms with Crippen molar-refractivity contribution in [3.05, 3.63) is 53.6 Å². The van der Waals surface area contributed by atoms with E-state index in [1.165, 1.54) is 23.1 Å². The van der Waals surface area contributed by atoms with E-state index >= 15 is 0 Å². The zero-order valence-corrected chi connectivity index (χ0v) is 15.1. The highest BCUT2D eigenvalue weighted by Gasteiger charge is 2.26. The number of benzene rings is 2. The van der Waals surface area contributed by atoms with Crippen LogP contribution < -0.4 is 10.2 Å². The number of fused-ring (bicyclic) bond motifs is 1. The summed E-state index contributed by atoms with van der Waals surface area (Å²) in [7, 11) is -2.13. The van der Waals surface area contributed by atoms with Crippen LogP contribution in [0.2, 0.25) is 0 Å². The molecule has 2 aromatic rings. The van der Waals surface area contributed by atoms with Crippen LogP contribution in [-0.2, 0) is 25.8 Å². The molecule has 1 heterocycles. The predicted molar refractivity (Wildman–Crippen MR) is 95.2 cm³/mol. The topological polar surface area (TPSA) is 83.6 Å². The highest BCUT2D eigenvalue weighted by Crippen LogP contribution is 2.30. The highest BCUT2D eigenvalue weighted by atomic mass is 32.2. The molecule has 0 saturated carbocycles. The summed E-state index contributed by atoms with van der Waals surface area (Å²) in [6.07, 6.45) is -0.219. The standard InChI is InChI=1S/C18H16F2N2O4S/c1-22-16-5-3-13(8-11(16)9-18(22)24)27(25,26)7-6-17(23)21-12-2-4-14(19)15(20)10-12/h2-5,8,10H,6-7,9H2,1H3,(H,21,23). The Morgan fingerprint density at radius 1 is 1.15 bits per heavy atom. The number of nitrogens with zero attached hydrogens (tertiary/aromatic N) is 1. The van der Waals surface area contributed by atoms with Gasteiger partial charge in [0, 0.05) is 30.9 Å². The summed E-state index contributed by atoms with van der Waals surface area (Å²) < 4.78 is 50.9. The van der Waals surface area contributed by atoms with Crippen LogP contribution >= 0.6 is 0 Å². The van der Waals surface area contributed by atoms with Crippen LogP contribution in [0.4, 0.5) is 20.2 Å². The van der Waals surface area contributed by atoms with E-state index in [4.69, 9.17) is 0 Å². The van der Waals surface area contributed by atoms with Crippen LogP contribution in [0.1, 0.15) is 12.0 Å². The van der Waals surface area contributed by atoms with Crippen molar-refractivity contribution >= 4 is 33.0 Å². The summed E-state index contributed by atoms with van der Waals surface area (Å²) >= 11 is 0. The zero-order valence-electron chi connectivity index (χ0n) is 14.3. The summed E-state index contributed by atoms with van der Waals surface area (Å²) in [6, 6.07) is 7.27. The first-order valence-electron chi connectivity index (χ1n) is 8.04. The highest BCUT2D eigenvalue weighted by molar-refractivity contribution is 7.91. The summed E-state index contributed by atoms with van der Waals surface area (Å²) in [6.45, 7) is 0. The number of rotatable bonds is 5. The van der Waals surface area contributed by atoms with E-state index in [0.29, 0.717) is 11.3 Å². The van der Waals surface area contributed by atoms with Crippen molar-refractivity contribution in [2.45, 2.75) is 17.7 Å². The van der Waals surface area contributed by atoms with Gasteiger partial charge in [-0.3, -0.25) is 9.59 Å². The average Bonchev–Trinajstić information content (AvgIpc) is 2.90. The molecule has 2 aromatic carbocycles. The predicted octanol–water partition coefficient (Wildman–Crippen LogP) is 2.29. The molecule has 0 aromatic heterocycles. The van der Waals surface area contributed by atoms with E-state index < -0.39 is 33.1 Å². The maximum absolute atomic E-state index is 13.1. The number of nitrogens with one attached hydrogen (secondary N) is 1. The molecule has 0 unspecified atom stereocenters. The first-order chi connectivity index (χ1) is 12.7. The zero-order chi connectivity index (χ0) is 19.8. The Morgan fingerprint density at radius 3 is 2.59 bits per heavy atom. The quantitative estimate of drug-likeness (QED) is 0.843. The third-order valence-corrected chi connectivity index (χ3v) is 6.00. The van der Waals surface area contributed by atoms with E-state index in [1.54, 1.807) is 13.1 Å². The molecule has 0 saturated heterocycles. The molecule has 0 radical (unpaired) electrons. The minimum Gasteiger partial charge on any atom is -0.326 e. The molecule has 1 N–H and O–H groups in total. The van der Waals surface area contributed by atoms with Crippen LogP contribution in [0.25, 0.3) is 0 Å². The van der Waals surface area contributed by atoms with Gasteiger partial charge >= 0.3 is 0 Å². The molecule has 3 rings (SSSR count). The van der Waals surface area contributed by atoms with E-state index in [-0.39, 0.29) is 29.3 Å². The van der Waals surface area contributed by atoms with Crippen molar-refractivity contribution in [2.75, 3.05) is 23.0 Å². The number of carbonyl (C=O) groups excluding carboxylic acids is 2. The van der Waals surface area contributed by atoms with Crippen LogP contribution in [-0.4, -0.2) is 33.0 Å². The monoisotopic (exact) mass is 394 g/mol. The normalized spacial score (nSPS) is 13.6. The maximum atomic E-state index is 13.1. The first kappa shape index (κ1) is 19.0. The summed E-state index contributed by atoms with van der Waals surface area (Å²) in [5, 5.41) is 2.33. The van der Waals surface area contributed by atoms with Gasteiger partial charge in [0.1, 0.15) is 0 Å². The second-order valence-electron chi connectivity index (χ2n) is 6.17. The summed E-state index contributed by atoms with van der Waals surface area (Å²) in [5.41, 5.74) is 1.32. The molecular formula is C18H16F2N2O4S. The van der Waals surface area contributed by atoms with Gasteiger partial charge in [0.2, 0.25) is 11.8 Å². The first-order valence-corrected chi connectivity index (χ1v) is 9.70. The molecule has 2 amide bonds. The fourth-order valence-electron chi connectivity index (χ4n) is 2.78. The Bertz CT molecular complexity index is 1040. The Labute approximate surface area is 154 Å². The van der Waals surface area contributed by atoms with Crippen LogP contribution in [0, 0.1) is 11.6 Å². The second-order valence-corrected chi connectivity index (χ2v) is 8.28. The minimum atomic E-state index is -3.74. The molecule has 0 fully saturated rings. The molecule has 0 atom stereocenters. The fraction of sp³-hybridized carbons (Fsp3) is 0.222. The van der Waals surface area contributed by atoms with E-state index in [2.05, 4.69) is 5.32 Å². The Kier molecular flexibility index (Phi) is 4.97. The smallest absolute Gasteiger partial charge is 0.231 e. The van der Waals surface area contributed by atoms with Gasteiger partial charge in [-0.25, -0.2) is 17.2 Å². The average molecular weight is 394 g/mol. The van der Waals surface area contributed by atoms with Gasteiger partial charge in [-0.2, -0.15) is 0 Å². The Morgan fingerprint density at radius 2 is 1.89 bits per heavy atom. The molecule has 142 valence electrons. The van der Waals surface area contributed by atoms with Crippen molar-refractivity contribution in [3.8, 4) is 0 Å². The van der Waals surface area contributed by atoms with Crippen molar-refractivity contribution in [1.82, 2.24) is 0 Å². The van der Waals surface area contributed by atoms with Crippen molar-refractivity contribution < 1.29 is 26.8 Å². The lowest BCUT2D eigenvalue weighted by Crippen LogP contribution is -2.20. The van der Waals surface area contributed by atoms with Gasteiger partial charge in [-0.15, -0.1) is 0 Å². The minimum absolute atomic E-state index is 0.0324. The third-order valence-electron chi connectivity index (χ3n) is 4.29. The van der Waals surface area contributed by atoms with Gasteiger partial charge in [0.25, 0.3) is 0 Å². The van der Waals surface area contributed by atoms with Crippen LogP contribution in [0.5, 0.6) is 0 Å². The van der Waals surface area contributed by atoms with Gasteiger partial charge < -0.3 is 10.2 Å². The number of anilines is 2. The van der Waals surface area contributed by atoms with Gasteiger partial charge in [0.15, 0.2) is 21.5 Å².